The van der Waals surface area contributed by atoms with E-state index in [-0.39, 0.29) is 11.9 Å². The van der Waals surface area contributed by atoms with Crippen molar-refractivity contribution in [3.8, 4) is 0 Å². The molecule has 1 atom stereocenters. The van der Waals surface area contributed by atoms with Crippen LogP contribution in [-0.2, 0) is 11.2 Å². The maximum Gasteiger partial charge on any atom is 0.248 e. The fourth-order valence-electron chi connectivity index (χ4n) is 4.55. The van der Waals surface area contributed by atoms with Gasteiger partial charge in [-0.15, -0.1) is 11.3 Å². The number of halogens is 1. The summed E-state index contributed by atoms with van der Waals surface area (Å²) in [4.78, 5) is 30.2. The second-order valence-corrected chi connectivity index (χ2v) is 10.1. The van der Waals surface area contributed by atoms with Crippen LogP contribution in [0.3, 0.4) is 0 Å². The Morgan fingerprint density at radius 2 is 1.71 bits per heavy atom. The maximum atomic E-state index is 13.6. The molecule has 1 unspecified atom stereocenters. The van der Waals surface area contributed by atoms with Crippen LogP contribution in [0.4, 0.5) is 5.13 Å². The lowest BCUT2D eigenvalue weighted by molar-refractivity contribution is -0.122. The van der Waals surface area contributed by atoms with Crippen molar-refractivity contribution < 1.29 is 4.79 Å². The molecule has 6 nitrogen and oxygen atoms in total. The largest absolute Gasteiger partial charge is 0.300 e. The number of piperidine rings is 1. The zero-order valence-electron chi connectivity index (χ0n) is 19.2. The quantitative estimate of drug-likeness (QED) is 0.348. The minimum Gasteiger partial charge on any atom is -0.300 e. The first kappa shape index (κ1) is 23.6. The van der Waals surface area contributed by atoms with E-state index in [2.05, 4.69) is 25.2 Å². The number of aromatic nitrogens is 3. The molecule has 1 fully saturated rings. The molecule has 4 aromatic rings. The number of thiazole rings is 1. The number of amides is 1. The van der Waals surface area contributed by atoms with Crippen molar-refractivity contribution in [1.82, 2.24) is 19.9 Å². The third-order valence-electron chi connectivity index (χ3n) is 6.32. The Kier molecular flexibility index (Phi) is 7.47. The summed E-state index contributed by atoms with van der Waals surface area (Å²) in [6, 6.07) is 19.2. The molecule has 0 spiro atoms. The normalized spacial score (nSPS) is 15.6. The second-order valence-electron chi connectivity index (χ2n) is 8.62. The number of nitrogens with one attached hydrogen (secondary N) is 1. The second kappa shape index (κ2) is 11.1. The average molecular weight is 504 g/mol. The van der Waals surface area contributed by atoms with Gasteiger partial charge in [0, 0.05) is 40.8 Å². The van der Waals surface area contributed by atoms with E-state index < -0.39 is 0 Å². The minimum absolute atomic E-state index is 0.0655. The third kappa shape index (κ3) is 5.75. The molecule has 3 heterocycles. The number of benzene rings is 2. The Labute approximate surface area is 214 Å². The van der Waals surface area contributed by atoms with E-state index in [0.29, 0.717) is 17.5 Å². The monoisotopic (exact) mass is 503 g/mol. The summed E-state index contributed by atoms with van der Waals surface area (Å²) < 4.78 is 0. The Hall–Kier alpha value is -3.13. The Morgan fingerprint density at radius 1 is 1.00 bits per heavy atom. The molecule has 0 radical (unpaired) electrons. The SMILES string of the molecule is O=C(Nc1ncc(Cc2ccccc2Cl)s1)C(c1ccccc1)N1CCC(c2ncccn2)CC1. The molecule has 178 valence electrons. The van der Waals surface area contributed by atoms with Gasteiger partial charge in [0.1, 0.15) is 11.9 Å². The van der Waals surface area contributed by atoms with Crippen molar-refractivity contribution in [3.05, 3.63) is 106 Å². The predicted octanol–water partition coefficient (Wildman–Crippen LogP) is 5.74. The Balaban J connectivity index is 1.29. The molecule has 5 rings (SSSR count). The number of carbonyl (C=O) groups is 1. The van der Waals surface area contributed by atoms with Crippen LogP contribution in [0.15, 0.2) is 79.3 Å². The van der Waals surface area contributed by atoms with Crippen molar-refractivity contribution in [2.75, 3.05) is 18.4 Å². The number of carbonyl (C=O) groups excluding carboxylic acids is 1. The van der Waals surface area contributed by atoms with E-state index in [0.717, 1.165) is 52.8 Å². The van der Waals surface area contributed by atoms with E-state index in [9.17, 15) is 4.79 Å². The highest BCUT2D eigenvalue weighted by Gasteiger charge is 2.32. The first-order valence-corrected chi connectivity index (χ1v) is 12.9. The van der Waals surface area contributed by atoms with Gasteiger partial charge >= 0.3 is 0 Å². The van der Waals surface area contributed by atoms with E-state index in [1.54, 1.807) is 12.4 Å². The van der Waals surface area contributed by atoms with Crippen LogP contribution in [0.2, 0.25) is 5.02 Å². The molecule has 1 N–H and O–H groups in total. The Bertz CT molecular complexity index is 1260. The van der Waals surface area contributed by atoms with E-state index >= 15 is 0 Å². The van der Waals surface area contributed by atoms with E-state index in [1.165, 1.54) is 11.3 Å². The van der Waals surface area contributed by atoms with Crippen LogP contribution >= 0.6 is 22.9 Å². The standard InChI is InChI=1S/C27H26ClN5OS/c28-23-10-5-4-9-21(23)17-22-18-31-27(35-22)32-26(34)24(19-7-2-1-3-8-19)33-15-11-20(12-16-33)25-29-13-6-14-30-25/h1-10,13-14,18,20,24H,11-12,15-17H2,(H,31,32,34). The fraction of sp³-hybridized carbons (Fsp3) is 0.259. The molecule has 1 amide bonds. The number of hydrogen-bond acceptors (Lipinski definition) is 6. The number of likely N-dealkylation sites (tertiary alicyclic amines) is 1. The van der Waals surface area contributed by atoms with Gasteiger partial charge in [-0.2, -0.15) is 0 Å². The smallest absolute Gasteiger partial charge is 0.248 e. The van der Waals surface area contributed by atoms with Gasteiger partial charge in [0.2, 0.25) is 5.91 Å². The van der Waals surface area contributed by atoms with Gasteiger partial charge in [-0.05, 0) is 49.2 Å². The van der Waals surface area contributed by atoms with Crippen LogP contribution in [0.1, 0.15) is 46.6 Å². The van der Waals surface area contributed by atoms with Crippen LogP contribution < -0.4 is 5.32 Å². The van der Waals surface area contributed by atoms with Crippen molar-refractivity contribution >= 4 is 34.0 Å². The molecule has 2 aromatic heterocycles. The lowest BCUT2D eigenvalue weighted by atomic mass is 9.93. The lowest BCUT2D eigenvalue weighted by Gasteiger charge is -2.36. The molecular weight excluding hydrogens is 478 g/mol. The highest BCUT2D eigenvalue weighted by atomic mass is 35.5. The summed E-state index contributed by atoms with van der Waals surface area (Å²) >= 11 is 7.80. The van der Waals surface area contributed by atoms with Gasteiger partial charge in [-0.25, -0.2) is 15.0 Å². The van der Waals surface area contributed by atoms with Crippen molar-refractivity contribution in [3.63, 3.8) is 0 Å². The lowest BCUT2D eigenvalue weighted by Crippen LogP contribution is -2.42. The highest BCUT2D eigenvalue weighted by molar-refractivity contribution is 7.15. The fourth-order valence-corrected chi connectivity index (χ4v) is 5.59. The summed E-state index contributed by atoms with van der Waals surface area (Å²) in [7, 11) is 0. The molecule has 8 heteroatoms. The van der Waals surface area contributed by atoms with Gasteiger partial charge in [0.15, 0.2) is 5.13 Å². The Morgan fingerprint density at radius 3 is 2.46 bits per heavy atom. The number of nitrogens with zero attached hydrogens (tertiary/aromatic N) is 4. The van der Waals surface area contributed by atoms with Crippen LogP contribution in [-0.4, -0.2) is 38.8 Å². The van der Waals surface area contributed by atoms with Gasteiger partial charge in [0.05, 0.1) is 0 Å². The number of rotatable bonds is 7. The highest BCUT2D eigenvalue weighted by Crippen LogP contribution is 2.32. The molecule has 0 aliphatic carbocycles. The first-order valence-electron chi connectivity index (χ1n) is 11.7. The van der Waals surface area contributed by atoms with Crippen molar-refractivity contribution in [1.29, 1.82) is 0 Å². The average Bonchev–Trinajstić information content (AvgIpc) is 3.34. The van der Waals surface area contributed by atoms with Gasteiger partial charge < -0.3 is 5.32 Å². The summed E-state index contributed by atoms with van der Waals surface area (Å²) in [5, 5.41) is 4.41. The summed E-state index contributed by atoms with van der Waals surface area (Å²) in [6.07, 6.45) is 7.92. The maximum absolute atomic E-state index is 13.6. The van der Waals surface area contributed by atoms with Gasteiger partial charge in [0.25, 0.3) is 0 Å². The summed E-state index contributed by atoms with van der Waals surface area (Å²) in [5.41, 5.74) is 2.02. The predicted molar refractivity (Wildman–Crippen MR) is 140 cm³/mol. The molecule has 1 saturated heterocycles. The minimum atomic E-state index is -0.384. The summed E-state index contributed by atoms with van der Waals surface area (Å²) in [5.74, 6) is 1.14. The van der Waals surface area contributed by atoms with Crippen molar-refractivity contribution in [2.45, 2.75) is 31.2 Å². The molecule has 1 aliphatic rings. The number of anilines is 1. The zero-order chi connectivity index (χ0) is 24.0. The van der Waals surface area contributed by atoms with E-state index in [4.69, 9.17) is 11.6 Å². The molecule has 0 saturated carbocycles. The topological polar surface area (TPSA) is 71.0 Å². The number of hydrogen-bond donors (Lipinski definition) is 1. The molecular formula is C27H26ClN5OS. The van der Waals surface area contributed by atoms with Gasteiger partial charge in [-0.1, -0.05) is 60.1 Å². The zero-order valence-corrected chi connectivity index (χ0v) is 20.8. The molecule has 1 aliphatic heterocycles. The molecule has 0 bridgehead atoms. The van der Waals surface area contributed by atoms with Crippen LogP contribution in [0, 0.1) is 0 Å². The molecule has 35 heavy (non-hydrogen) atoms. The van der Waals surface area contributed by atoms with Crippen molar-refractivity contribution in [2.24, 2.45) is 0 Å². The first-order chi connectivity index (χ1) is 17.2. The van der Waals surface area contributed by atoms with Crippen LogP contribution in [0.5, 0.6) is 0 Å². The summed E-state index contributed by atoms with van der Waals surface area (Å²) in [6.45, 7) is 1.59. The molecule has 2 aromatic carbocycles. The van der Waals surface area contributed by atoms with E-state index in [1.807, 2.05) is 66.9 Å². The van der Waals surface area contributed by atoms with Crippen LogP contribution in [0.25, 0.3) is 0 Å². The third-order valence-corrected chi connectivity index (χ3v) is 7.60. The van der Waals surface area contributed by atoms with Gasteiger partial charge in [-0.3, -0.25) is 9.69 Å².